The summed E-state index contributed by atoms with van der Waals surface area (Å²) in [5.41, 5.74) is 6.26. The van der Waals surface area contributed by atoms with Crippen LogP contribution in [0, 0.1) is 5.92 Å². The van der Waals surface area contributed by atoms with E-state index in [4.69, 9.17) is 22.1 Å². The first-order chi connectivity index (χ1) is 9.15. The SMILES string of the molecule is COc1cc(Cl)ccc1C(=O)N1CCCC(CN)C1. The van der Waals surface area contributed by atoms with Crippen molar-refractivity contribution in [2.75, 3.05) is 26.7 Å². The molecule has 1 aliphatic heterocycles. The van der Waals surface area contributed by atoms with Crippen molar-refractivity contribution >= 4 is 17.5 Å². The first-order valence-corrected chi connectivity index (χ1v) is 6.86. The lowest BCUT2D eigenvalue weighted by Gasteiger charge is -2.32. The summed E-state index contributed by atoms with van der Waals surface area (Å²) in [5, 5.41) is 0.562. The van der Waals surface area contributed by atoms with Gasteiger partial charge in [-0.25, -0.2) is 0 Å². The molecule has 5 heteroatoms. The zero-order valence-electron chi connectivity index (χ0n) is 11.1. The topological polar surface area (TPSA) is 55.6 Å². The van der Waals surface area contributed by atoms with Gasteiger partial charge in [-0.15, -0.1) is 0 Å². The predicted molar refractivity (Wildman–Crippen MR) is 75.7 cm³/mol. The van der Waals surface area contributed by atoms with Crippen molar-refractivity contribution in [2.45, 2.75) is 12.8 Å². The van der Waals surface area contributed by atoms with E-state index in [1.54, 1.807) is 25.3 Å². The standard InChI is InChI=1S/C14H19ClN2O2/c1-19-13-7-11(15)4-5-12(13)14(18)17-6-2-3-10(8-16)9-17/h4-5,7,10H,2-3,6,8-9,16H2,1H3. The van der Waals surface area contributed by atoms with E-state index in [2.05, 4.69) is 0 Å². The zero-order valence-corrected chi connectivity index (χ0v) is 11.8. The van der Waals surface area contributed by atoms with Crippen LogP contribution in [0.2, 0.25) is 5.02 Å². The number of halogens is 1. The maximum absolute atomic E-state index is 12.5. The highest BCUT2D eigenvalue weighted by Gasteiger charge is 2.25. The van der Waals surface area contributed by atoms with E-state index in [1.807, 2.05) is 4.90 Å². The number of carbonyl (C=O) groups is 1. The maximum atomic E-state index is 12.5. The maximum Gasteiger partial charge on any atom is 0.257 e. The molecule has 0 spiro atoms. The van der Waals surface area contributed by atoms with Crippen LogP contribution in [0.3, 0.4) is 0 Å². The van der Waals surface area contributed by atoms with Crippen LogP contribution in [0.4, 0.5) is 0 Å². The molecule has 19 heavy (non-hydrogen) atoms. The number of amides is 1. The fourth-order valence-corrected chi connectivity index (χ4v) is 2.62. The van der Waals surface area contributed by atoms with Crippen LogP contribution >= 0.6 is 11.6 Å². The number of ether oxygens (including phenoxy) is 1. The summed E-state index contributed by atoms with van der Waals surface area (Å²) < 4.78 is 5.23. The number of hydrogen-bond acceptors (Lipinski definition) is 3. The molecule has 0 bridgehead atoms. The number of hydrogen-bond donors (Lipinski definition) is 1. The van der Waals surface area contributed by atoms with Crippen molar-refractivity contribution in [3.05, 3.63) is 28.8 Å². The molecule has 104 valence electrons. The quantitative estimate of drug-likeness (QED) is 0.924. The number of benzene rings is 1. The highest BCUT2D eigenvalue weighted by Crippen LogP contribution is 2.26. The van der Waals surface area contributed by atoms with Gasteiger partial charge >= 0.3 is 0 Å². The molecule has 1 saturated heterocycles. The minimum Gasteiger partial charge on any atom is -0.496 e. The van der Waals surface area contributed by atoms with E-state index in [-0.39, 0.29) is 5.91 Å². The lowest BCUT2D eigenvalue weighted by molar-refractivity contribution is 0.0675. The van der Waals surface area contributed by atoms with Gasteiger partial charge in [0.25, 0.3) is 5.91 Å². The molecule has 1 unspecified atom stereocenters. The molecule has 1 amide bonds. The molecule has 1 heterocycles. The van der Waals surface area contributed by atoms with Crippen LogP contribution < -0.4 is 10.5 Å². The Balaban J connectivity index is 2.19. The Morgan fingerprint density at radius 2 is 2.37 bits per heavy atom. The minimum atomic E-state index is -0.00772. The van der Waals surface area contributed by atoms with Gasteiger partial charge in [0.2, 0.25) is 0 Å². The van der Waals surface area contributed by atoms with Crippen molar-refractivity contribution < 1.29 is 9.53 Å². The molecular formula is C14H19ClN2O2. The number of nitrogens with zero attached hydrogens (tertiary/aromatic N) is 1. The molecule has 0 radical (unpaired) electrons. The molecule has 4 nitrogen and oxygen atoms in total. The Bertz CT molecular complexity index is 465. The van der Waals surface area contributed by atoms with Gasteiger partial charge in [0.1, 0.15) is 5.75 Å². The van der Waals surface area contributed by atoms with Crippen molar-refractivity contribution in [3.63, 3.8) is 0 Å². The summed E-state index contributed by atoms with van der Waals surface area (Å²) >= 11 is 5.91. The highest BCUT2D eigenvalue weighted by atomic mass is 35.5. The number of carbonyl (C=O) groups excluding carboxylic acids is 1. The second kappa shape index (κ2) is 6.26. The smallest absolute Gasteiger partial charge is 0.257 e. The van der Waals surface area contributed by atoms with Gasteiger partial charge in [0.05, 0.1) is 12.7 Å². The molecule has 1 atom stereocenters. The van der Waals surface area contributed by atoms with E-state index in [0.717, 1.165) is 25.9 Å². The molecule has 0 aromatic heterocycles. The average Bonchev–Trinajstić information content (AvgIpc) is 2.46. The fourth-order valence-electron chi connectivity index (χ4n) is 2.45. The van der Waals surface area contributed by atoms with Gasteiger partial charge in [0, 0.05) is 18.1 Å². The van der Waals surface area contributed by atoms with Gasteiger partial charge in [-0.1, -0.05) is 11.6 Å². The van der Waals surface area contributed by atoms with Crippen LogP contribution in [0.1, 0.15) is 23.2 Å². The van der Waals surface area contributed by atoms with Gasteiger partial charge in [-0.3, -0.25) is 4.79 Å². The summed E-state index contributed by atoms with van der Waals surface area (Å²) in [5.74, 6) is 0.912. The van der Waals surface area contributed by atoms with Gasteiger partial charge in [-0.05, 0) is 43.5 Å². The summed E-state index contributed by atoms with van der Waals surface area (Å²) in [7, 11) is 1.54. The van der Waals surface area contributed by atoms with Crippen molar-refractivity contribution in [1.82, 2.24) is 4.90 Å². The lowest BCUT2D eigenvalue weighted by Crippen LogP contribution is -2.42. The zero-order chi connectivity index (χ0) is 13.8. The Hall–Kier alpha value is -1.26. The average molecular weight is 283 g/mol. The first-order valence-electron chi connectivity index (χ1n) is 6.48. The number of nitrogens with two attached hydrogens (primary N) is 1. The van der Waals surface area contributed by atoms with E-state index in [1.165, 1.54) is 0 Å². The van der Waals surface area contributed by atoms with Crippen LogP contribution in [-0.2, 0) is 0 Å². The minimum absolute atomic E-state index is 0.00772. The van der Waals surface area contributed by atoms with Crippen LogP contribution in [-0.4, -0.2) is 37.6 Å². The van der Waals surface area contributed by atoms with Crippen molar-refractivity contribution in [1.29, 1.82) is 0 Å². The summed E-state index contributed by atoms with van der Waals surface area (Å²) in [6, 6.07) is 5.09. The molecule has 2 rings (SSSR count). The lowest BCUT2D eigenvalue weighted by atomic mass is 9.97. The molecule has 2 N–H and O–H groups in total. The molecule has 0 saturated carbocycles. The fraction of sp³-hybridized carbons (Fsp3) is 0.500. The second-order valence-corrected chi connectivity index (χ2v) is 5.28. The normalized spacial score (nSPS) is 19.3. The number of rotatable bonds is 3. The van der Waals surface area contributed by atoms with Crippen molar-refractivity contribution in [2.24, 2.45) is 11.7 Å². The molecule has 1 aliphatic rings. The third-order valence-electron chi connectivity index (χ3n) is 3.53. The monoisotopic (exact) mass is 282 g/mol. The number of likely N-dealkylation sites (tertiary alicyclic amines) is 1. The highest BCUT2D eigenvalue weighted by molar-refractivity contribution is 6.30. The predicted octanol–water partition coefficient (Wildman–Crippen LogP) is 2.16. The van der Waals surface area contributed by atoms with E-state index in [9.17, 15) is 4.79 Å². The summed E-state index contributed by atoms with van der Waals surface area (Å²) in [6.45, 7) is 2.13. The largest absolute Gasteiger partial charge is 0.496 e. The van der Waals surface area contributed by atoms with Gasteiger partial charge in [0.15, 0.2) is 0 Å². The van der Waals surface area contributed by atoms with Gasteiger partial charge < -0.3 is 15.4 Å². The third kappa shape index (κ3) is 3.19. The Kier molecular flexibility index (Phi) is 4.66. The Morgan fingerprint density at radius 1 is 1.58 bits per heavy atom. The molecule has 1 aromatic rings. The molecule has 1 fully saturated rings. The van der Waals surface area contributed by atoms with E-state index in [0.29, 0.717) is 28.8 Å². The van der Waals surface area contributed by atoms with Crippen LogP contribution in [0.5, 0.6) is 5.75 Å². The molecule has 1 aromatic carbocycles. The number of piperidine rings is 1. The summed E-state index contributed by atoms with van der Waals surface area (Å²) in [6.07, 6.45) is 2.10. The Morgan fingerprint density at radius 3 is 3.05 bits per heavy atom. The second-order valence-electron chi connectivity index (χ2n) is 4.84. The molecular weight excluding hydrogens is 264 g/mol. The van der Waals surface area contributed by atoms with E-state index < -0.39 is 0 Å². The first kappa shape index (κ1) is 14.2. The van der Waals surface area contributed by atoms with E-state index >= 15 is 0 Å². The van der Waals surface area contributed by atoms with Crippen molar-refractivity contribution in [3.8, 4) is 5.75 Å². The summed E-state index contributed by atoms with van der Waals surface area (Å²) in [4.78, 5) is 14.4. The third-order valence-corrected chi connectivity index (χ3v) is 3.77. The number of methoxy groups -OCH3 is 1. The molecule has 0 aliphatic carbocycles. The Labute approximate surface area is 118 Å². The van der Waals surface area contributed by atoms with Crippen LogP contribution in [0.25, 0.3) is 0 Å². The van der Waals surface area contributed by atoms with Gasteiger partial charge in [-0.2, -0.15) is 0 Å². The van der Waals surface area contributed by atoms with Crippen LogP contribution in [0.15, 0.2) is 18.2 Å².